The second-order valence-electron chi connectivity index (χ2n) is 8.49. The van der Waals surface area contributed by atoms with Crippen molar-refractivity contribution in [1.82, 2.24) is 4.98 Å². The highest BCUT2D eigenvalue weighted by Gasteiger charge is 2.35. The SMILES string of the molecule is COc1ccc([C@@H]2[NH2+][C@H](C(=O)[O-])Cc3c2[nH]c2ccccc32)cc1COc1ccccc1C. The average molecular weight is 443 g/mol. The fourth-order valence-corrected chi connectivity index (χ4v) is 4.74. The summed E-state index contributed by atoms with van der Waals surface area (Å²) in [6.45, 7) is 2.36. The number of nitrogens with two attached hydrogens (primary N) is 1. The number of methoxy groups -OCH3 is 1. The Morgan fingerprint density at radius 3 is 2.67 bits per heavy atom. The van der Waals surface area contributed by atoms with Gasteiger partial charge in [0.2, 0.25) is 0 Å². The van der Waals surface area contributed by atoms with Crippen LogP contribution in [0.3, 0.4) is 0 Å². The van der Waals surface area contributed by atoms with Crippen LogP contribution in [0.4, 0.5) is 0 Å². The van der Waals surface area contributed by atoms with Crippen LogP contribution in [0.25, 0.3) is 10.9 Å². The number of carbonyl (C=O) groups excluding carboxylic acids is 1. The molecular formula is C27H26N2O4. The minimum Gasteiger partial charge on any atom is -0.544 e. The van der Waals surface area contributed by atoms with E-state index in [4.69, 9.17) is 9.47 Å². The molecule has 0 saturated heterocycles. The molecule has 5 rings (SSSR count). The van der Waals surface area contributed by atoms with Crippen LogP contribution < -0.4 is 19.9 Å². The van der Waals surface area contributed by atoms with Gasteiger partial charge in [-0.25, -0.2) is 0 Å². The highest BCUT2D eigenvalue weighted by atomic mass is 16.5. The molecular weight excluding hydrogens is 416 g/mol. The lowest BCUT2D eigenvalue weighted by atomic mass is 9.89. The molecule has 2 heterocycles. The molecule has 1 aliphatic heterocycles. The monoisotopic (exact) mass is 442 g/mol. The third kappa shape index (κ3) is 3.94. The van der Waals surface area contributed by atoms with E-state index in [1.54, 1.807) is 7.11 Å². The predicted octanol–water partition coefficient (Wildman–Crippen LogP) is 2.39. The molecule has 2 atom stereocenters. The summed E-state index contributed by atoms with van der Waals surface area (Å²) >= 11 is 0. The molecule has 6 heteroatoms. The van der Waals surface area contributed by atoms with E-state index in [-0.39, 0.29) is 6.04 Å². The van der Waals surface area contributed by atoms with Gasteiger partial charge in [0.25, 0.3) is 0 Å². The Hall–Kier alpha value is -3.77. The third-order valence-corrected chi connectivity index (χ3v) is 6.45. The number of benzene rings is 3. The quantitative estimate of drug-likeness (QED) is 0.480. The molecule has 33 heavy (non-hydrogen) atoms. The molecule has 168 valence electrons. The van der Waals surface area contributed by atoms with Gasteiger partial charge in [-0.2, -0.15) is 0 Å². The number of aryl methyl sites for hydroxylation is 1. The van der Waals surface area contributed by atoms with Crippen molar-refractivity contribution < 1.29 is 24.7 Å². The second-order valence-corrected chi connectivity index (χ2v) is 8.49. The first-order valence-electron chi connectivity index (χ1n) is 11.1. The smallest absolute Gasteiger partial charge is 0.153 e. The van der Waals surface area contributed by atoms with E-state index in [0.29, 0.717) is 13.0 Å². The number of para-hydroxylation sites is 2. The number of hydrogen-bond acceptors (Lipinski definition) is 4. The van der Waals surface area contributed by atoms with Gasteiger partial charge in [-0.05, 0) is 48.4 Å². The molecule has 0 saturated carbocycles. The molecule has 0 unspecified atom stereocenters. The number of fused-ring (bicyclic) bond motifs is 3. The Kier molecular flexibility index (Phi) is 5.52. The Balaban J connectivity index is 1.54. The first kappa shape index (κ1) is 21.1. The van der Waals surface area contributed by atoms with Crippen LogP contribution in [0.5, 0.6) is 11.5 Å². The Labute approximate surface area is 192 Å². The summed E-state index contributed by atoms with van der Waals surface area (Å²) in [6, 6.07) is 21.0. The third-order valence-electron chi connectivity index (χ3n) is 6.45. The molecule has 0 fully saturated rings. The maximum atomic E-state index is 11.9. The van der Waals surface area contributed by atoms with Crippen LogP contribution >= 0.6 is 0 Å². The normalized spacial score (nSPS) is 17.5. The Bertz CT molecular complexity index is 1330. The molecule has 6 nitrogen and oxygen atoms in total. The highest BCUT2D eigenvalue weighted by molar-refractivity contribution is 5.86. The molecule has 0 aliphatic carbocycles. The lowest BCUT2D eigenvalue weighted by Gasteiger charge is -2.29. The minimum absolute atomic E-state index is 0.202. The zero-order chi connectivity index (χ0) is 22.9. The van der Waals surface area contributed by atoms with Gasteiger partial charge in [-0.3, -0.25) is 0 Å². The average Bonchev–Trinajstić information content (AvgIpc) is 3.21. The van der Waals surface area contributed by atoms with Crippen molar-refractivity contribution in [2.45, 2.75) is 32.0 Å². The molecule has 1 aliphatic rings. The first-order chi connectivity index (χ1) is 16.0. The standard InChI is InChI=1S/C27H26N2O4/c1-16-7-3-6-10-23(16)33-15-18-13-17(11-12-24(18)32-2)25-26-20(14-22(29-25)27(30)31)19-8-4-5-9-21(19)28-26/h3-13,22,25,28-29H,14-15H2,1-2H3,(H,30,31)/t22-,25-/m0/s1. The molecule has 3 aromatic carbocycles. The number of carbonyl (C=O) groups is 1. The summed E-state index contributed by atoms with van der Waals surface area (Å²) in [7, 11) is 1.64. The Morgan fingerprint density at radius 2 is 1.88 bits per heavy atom. The number of aromatic amines is 1. The number of ether oxygens (including phenoxy) is 2. The number of nitrogens with one attached hydrogen (secondary N) is 1. The summed E-state index contributed by atoms with van der Waals surface area (Å²) in [6.07, 6.45) is 0.428. The van der Waals surface area contributed by atoms with Crippen molar-refractivity contribution in [2.75, 3.05) is 7.11 Å². The lowest BCUT2D eigenvalue weighted by molar-refractivity contribution is -0.717. The van der Waals surface area contributed by atoms with Gasteiger partial charge >= 0.3 is 0 Å². The zero-order valence-electron chi connectivity index (χ0n) is 18.6. The maximum absolute atomic E-state index is 11.9. The van der Waals surface area contributed by atoms with Gasteiger partial charge in [0.05, 0.1) is 18.8 Å². The van der Waals surface area contributed by atoms with Crippen LogP contribution in [-0.2, 0) is 17.8 Å². The van der Waals surface area contributed by atoms with Gasteiger partial charge in [-0.1, -0.05) is 36.4 Å². The van der Waals surface area contributed by atoms with E-state index in [1.165, 1.54) is 0 Å². The second kappa shape index (κ2) is 8.64. The molecule has 1 aromatic heterocycles. The van der Waals surface area contributed by atoms with Crippen molar-refractivity contribution in [3.63, 3.8) is 0 Å². The van der Waals surface area contributed by atoms with Crippen molar-refractivity contribution >= 4 is 16.9 Å². The molecule has 0 bridgehead atoms. The Morgan fingerprint density at radius 1 is 1.09 bits per heavy atom. The van der Waals surface area contributed by atoms with Crippen LogP contribution in [0.15, 0.2) is 66.7 Å². The van der Waals surface area contributed by atoms with Gasteiger partial charge in [0, 0.05) is 28.5 Å². The van der Waals surface area contributed by atoms with E-state index < -0.39 is 12.0 Å². The summed E-state index contributed by atoms with van der Waals surface area (Å²) in [5.41, 5.74) is 6.03. The highest BCUT2D eigenvalue weighted by Crippen LogP contribution is 2.33. The largest absolute Gasteiger partial charge is 0.544 e. The van der Waals surface area contributed by atoms with E-state index in [2.05, 4.69) is 4.98 Å². The van der Waals surface area contributed by atoms with Gasteiger partial charge in [-0.15, -0.1) is 0 Å². The fraction of sp³-hybridized carbons (Fsp3) is 0.222. The summed E-state index contributed by atoms with van der Waals surface area (Å²) in [5, 5.41) is 14.8. The topological polar surface area (TPSA) is 91.0 Å². The number of hydrogen-bond donors (Lipinski definition) is 2. The van der Waals surface area contributed by atoms with Gasteiger partial charge < -0.3 is 29.7 Å². The first-order valence-corrected chi connectivity index (χ1v) is 11.1. The van der Waals surface area contributed by atoms with Crippen molar-refractivity contribution in [3.05, 3.63) is 94.7 Å². The molecule has 0 amide bonds. The number of carboxylic acids is 1. The number of aromatic nitrogens is 1. The molecule has 4 aromatic rings. The number of quaternary nitrogens is 1. The van der Waals surface area contributed by atoms with Crippen molar-refractivity contribution in [2.24, 2.45) is 0 Å². The van der Waals surface area contributed by atoms with Crippen LogP contribution in [0.1, 0.15) is 34.0 Å². The van der Waals surface area contributed by atoms with E-state index in [1.807, 2.05) is 79.0 Å². The minimum atomic E-state index is -1.05. The van der Waals surface area contributed by atoms with Crippen molar-refractivity contribution in [3.8, 4) is 11.5 Å². The number of aliphatic carboxylic acids is 1. The zero-order valence-corrected chi connectivity index (χ0v) is 18.6. The van der Waals surface area contributed by atoms with E-state index >= 15 is 0 Å². The van der Waals surface area contributed by atoms with Crippen LogP contribution in [0.2, 0.25) is 0 Å². The number of H-pyrrole nitrogens is 1. The van der Waals surface area contributed by atoms with Crippen LogP contribution in [0, 0.1) is 6.92 Å². The maximum Gasteiger partial charge on any atom is 0.153 e. The van der Waals surface area contributed by atoms with Crippen LogP contribution in [-0.4, -0.2) is 24.1 Å². The van der Waals surface area contributed by atoms with E-state index in [0.717, 1.165) is 50.3 Å². The molecule has 3 N–H and O–H groups in total. The predicted molar refractivity (Wildman–Crippen MR) is 123 cm³/mol. The van der Waals surface area contributed by atoms with Gasteiger partial charge in [0.15, 0.2) is 6.04 Å². The van der Waals surface area contributed by atoms with Crippen molar-refractivity contribution in [1.29, 1.82) is 0 Å². The fourth-order valence-electron chi connectivity index (χ4n) is 4.74. The summed E-state index contributed by atoms with van der Waals surface area (Å²) < 4.78 is 11.7. The number of rotatable bonds is 6. The number of carboxylic acid groups (broad SMARTS) is 1. The lowest BCUT2D eigenvalue weighted by Crippen LogP contribution is -2.95. The summed E-state index contributed by atoms with van der Waals surface area (Å²) in [4.78, 5) is 15.4. The summed E-state index contributed by atoms with van der Waals surface area (Å²) in [5.74, 6) is 0.508. The molecule has 0 spiro atoms. The molecule has 0 radical (unpaired) electrons. The van der Waals surface area contributed by atoms with E-state index in [9.17, 15) is 9.90 Å². The van der Waals surface area contributed by atoms with Gasteiger partial charge in [0.1, 0.15) is 24.1 Å².